The second-order valence-electron chi connectivity index (χ2n) is 4.68. The highest BCUT2D eigenvalue weighted by Crippen LogP contribution is 2.09. The Bertz CT molecular complexity index is 662. The Labute approximate surface area is 133 Å². The van der Waals surface area contributed by atoms with Crippen molar-refractivity contribution >= 4 is 29.7 Å². The van der Waals surface area contributed by atoms with Gasteiger partial charge in [0.25, 0.3) is 0 Å². The van der Waals surface area contributed by atoms with E-state index in [1.54, 1.807) is 16.7 Å². The molecule has 0 aliphatic heterocycles. The summed E-state index contributed by atoms with van der Waals surface area (Å²) in [7, 11) is 0. The van der Waals surface area contributed by atoms with E-state index in [4.69, 9.17) is 23.8 Å². The number of rotatable bonds is 6. The van der Waals surface area contributed by atoms with E-state index in [0.29, 0.717) is 16.3 Å². The van der Waals surface area contributed by atoms with E-state index < -0.39 is 0 Å². The molecule has 0 atom stereocenters. The molecule has 7 heteroatoms. The van der Waals surface area contributed by atoms with Gasteiger partial charge < -0.3 is 5.32 Å². The van der Waals surface area contributed by atoms with E-state index in [-0.39, 0.29) is 12.5 Å². The van der Waals surface area contributed by atoms with Crippen molar-refractivity contribution in [2.45, 2.75) is 32.9 Å². The van der Waals surface area contributed by atoms with Crippen LogP contribution in [0.3, 0.4) is 0 Å². The molecule has 2 N–H and O–H groups in total. The lowest BCUT2D eigenvalue weighted by molar-refractivity contribution is -0.121. The van der Waals surface area contributed by atoms with Crippen molar-refractivity contribution in [2.75, 3.05) is 0 Å². The van der Waals surface area contributed by atoms with Gasteiger partial charge in [0.15, 0.2) is 4.77 Å². The number of hydrogen-bond acceptors (Lipinski definition) is 3. The number of aromatic amines is 1. The van der Waals surface area contributed by atoms with Gasteiger partial charge >= 0.3 is 0 Å². The highest BCUT2D eigenvalue weighted by molar-refractivity contribution is 7.71. The van der Waals surface area contributed by atoms with Crippen LogP contribution >= 0.6 is 23.8 Å². The summed E-state index contributed by atoms with van der Waals surface area (Å²) in [4.78, 5) is 12.0. The molecule has 0 aliphatic carbocycles. The molecule has 0 aliphatic rings. The first-order valence-corrected chi connectivity index (χ1v) is 7.54. The number of carbonyl (C=O) groups excluding carboxylic acids is 1. The molecule has 0 fully saturated rings. The van der Waals surface area contributed by atoms with Gasteiger partial charge in [0.05, 0.1) is 0 Å². The third kappa shape index (κ3) is 4.41. The van der Waals surface area contributed by atoms with Crippen molar-refractivity contribution in [3.63, 3.8) is 0 Å². The lowest BCUT2D eigenvalue weighted by atomic mass is 10.2. The number of nitrogens with zero attached hydrogens (tertiary/aromatic N) is 2. The zero-order valence-corrected chi connectivity index (χ0v) is 13.3. The molecule has 0 spiro atoms. The molecule has 0 unspecified atom stereocenters. The first-order valence-electron chi connectivity index (χ1n) is 6.75. The number of hydrogen-bond donors (Lipinski definition) is 2. The Morgan fingerprint density at radius 3 is 2.81 bits per heavy atom. The molecule has 2 rings (SSSR count). The highest BCUT2D eigenvalue weighted by atomic mass is 35.5. The van der Waals surface area contributed by atoms with E-state index in [0.717, 1.165) is 24.2 Å². The number of halogens is 1. The Hall–Kier alpha value is -1.66. The molecule has 0 bridgehead atoms. The predicted molar refractivity (Wildman–Crippen MR) is 84.7 cm³/mol. The summed E-state index contributed by atoms with van der Waals surface area (Å²) in [6.07, 6.45) is 1.74. The Morgan fingerprint density at radius 2 is 2.14 bits per heavy atom. The average molecular weight is 325 g/mol. The minimum Gasteiger partial charge on any atom is -0.350 e. The molecule has 0 saturated heterocycles. The van der Waals surface area contributed by atoms with Gasteiger partial charge in [-0.15, -0.1) is 0 Å². The van der Waals surface area contributed by atoms with Gasteiger partial charge in [-0.25, -0.2) is 0 Å². The van der Waals surface area contributed by atoms with Crippen LogP contribution in [0.25, 0.3) is 0 Å². The van der Waals surface area contributed by atoms with E-state index in [2.05, 4.69) is 22.4 Å². The quantitative estimate of drug-likeness (QED) is 0.803. The van der Waals surface area contributed by atoms with Gasteiger partial charge in [-0.2, -0.15) is 5.10 Å². The largest absolute Gasteiger partial charge is 0.350 e. The Morgan fingerprint density at radius 1 is 1.43 bits per heavy atom. The summed E-state index contributed by atoms with van der Waals surface area (Å²) in [6, 6.07) is 7.37. The molecule has 21 heavy (non-hydrogen) atoms. The van der Waals surface area contributed by atoms with Crippen LogP contribution < -0.4 is 5.32 Å². The van der Waals surface area contributed by atoms with Gasteiger partial charge in [-0.05, 0) is 36.3 Å². The maximum atomic E-state index is 12.0. The fourth-order valence-electron chi connectivity index (χ4n) is 1.93. The van der Waals surface area contributed by atoms with Gasteiger partial charge in [0.2, 0.25) is 5.91 Å². The Kier molecular flexibility index (Phi) is 5.52. The van der Waals surface area contributed by atoms with E-state index in [1.807, 2.05) is 12.1 Å². The standard InChI is InChI=1S/C14H17ClN4OS/c1-2-3-12-17-18-14(21)19(12)9-13(20)16-8-10-4-6-11(15)7-5-10/h4-7H,2-3,8-9H2,1H3,(H,16,20)(H,18,21). The molecule has 1 aromatic carbocycles. The van der Waals surface area contributed by atoms with Crippen LogP contribution in [0.5, 0.6) is 0 Å². The van der Waals surface area contributed by atoms with Crippen LogP contribution in [0, 0.1) is 4.77 Å². The van der Waals surface area contributed by atoms with Crippen molar-refractivity contribution < 1.29 is 4.79 Å². The molecule has 5 nitrogen and oxygen atoms in total. The van der Waals surface area contributed by atoms with Crippen LogP contribution in [-0.2, 0) is 24.3 Å². The average Bonchev–Trinajstić information content (AvgIpc) is 2.80. The summed E-state index contributed by atoms with van der Waals surface area (Å²) in [6.45, 7) is 2.70. The lowest BCUT2D eigenvalue weighted by Gasteiger charge is -2.08. The second-order valence-corrected chi connectivity index (χ2v) is 5.51. The van der Waals surface area contributed by atoms with Crippen LogP contribution in [0.4, 0.5) is 0 Å². The van der Waals surface area contributed by atoms with Crippen LogP contribution in [0.1, 0.15) is 24.7 Å². The SMILES string of the molecule is CCCc1n[nH]c(=S)n1CC(=O)NCc1ccc(Cl)cc1. The maximum Gasteiger partial charge on any atom is 0.240 e. The monoisotopic (exact) mass is 324 g/mol. The Balaban J connectivity index is 1.94. The zero-order chi connectivity index (χ0) is 15.2. The van der Waals surface area contributed by atoms with Gasteiger partial charge in [-0.1, -0.05) is 30.7 Å². The molecule has 1 aromatic heterocycles. The number of H-pyrrole nitrogens is 1. The molecule has 1 amide bonds. The van der Waals surface area contributed by atoms with Crippen LogP contribution in [-0.4, -0.2) is 20.7 Å². The number of amides is 1. The third-order valence-electron chi connectivity index (χ3n) is 3.02. The van der Waals surface area contributed by atoms with Crippen molar-refractivity contribution in [3.05, 3.63) is 45.4 Å². The van der Waals surface area contributed by atoms with E-state index in [9.17, 15) is 4.79 Å². The van der Waals surface area contributed by atoms with Crippen molar-refractivity contribution in [3.8, 4) is 0 Å². The number of aromatic nitrogens is 3. The number of aryl methyl sites for hydroxylation is 1. The molecule has 0 radical (unpaired) electrons. The fourth-order valence-corrected chi connectivity index (χ4v) is 2.27. The van der Waals surface area contributed by atoms with E-state index >= 15 is 0 Å². The third-order valence-corrected chi connectivity index (χ3v) is 3.58. The van der Waals surface area contributed by atoms with Gasteiger partial charge in [-0.3, -0.25) is 14.5 Å². The van der Waals surface area contributed by atoms with Crippen molar-refractivity contribution in [1.82, 2.24) is 20.1 Å². The molecule has 0 saturated carbocycles. The first kappa shape index (κ1) is 15.7. The zero-order valence-electron chi connectivity index (χ0n) is 11.7. The second kappa shape index (κ2) is 7.38. The van der Waals surface area contributed by atoms with Gasteiger partial charge in [0.1, 0.15) is 12.4 Å². The summed E-state index contributed by atoms with van der Waals surface area (Å²) >= 11 is 11.0. The summed E-state index contributed by atoms with van der Waals surface area (Å²) < 4.78 is 2.20. The summed E-state index contributed by atoms with van der Waals surface area (Å²) in [5.41, 5.74) is 0.998. The normalized spacial score (nSPS) is 10.6. The highest BCUT2D eigenvalue weighted by Gasteiger charge is 2.09. The molecular formula is C14H17ClN4OS. The topological polar surface area (TPSA) is 62.7 Å². The fraction of sp³-hybridized carbons (Fsp3) is 0.357. The molecular weight excluding hydrogens is 308 g/mol. The van der Waals surface area contributed by atoms with Crippen molar-refractivity contribution in [2.24, 2.45) is 0 Å². The minimum atomic E-state index is -0.0974. The molecule has 112 valence electrons. The minimum absolute atomic E-state index is 0.0974. The predicted octanol–water partition coefficient (Wildman–Crippen LogP) is 2.86. The van der Waals surface area contributed by atoms with Crippen LogP contribution in [0.15, 0.2) is 24.3 Å². The summed E-state index contributed by atoms with van der Waals surface area (Å²) in [5, 5.41) is 10.4. The van der Waals surface area contributed by atoms with Crippen molar-refractivity contribution in [1.29, 1.82) is 0 Å². The first-order chi connectivity index (χ1) is 10.1. The molecule has 1 heterocycles. The van der Waals surface area contributed by atoms with Crippen LogP contribution in [0.2, 0.25) is 5.02 Å². The maximum absolute atomic E-state index is 12.0. The number of benzene rings is 1. The van der Waals surface area contributed by atoms with Gasteiger partial charge in [0, 0.05) is 18.0 Å². The molecule has 2 aromatic rings. The van der Waals surface area contributed by atoms with E-state index in [1.165, 1.54) is 0 Å². The number of carbonyl (C=O) groups is 1. The number of nitrogens with one attached hydrogen (secondary N) is 2. The summed E-state index contributed by atoms with van der Waals surface area (Å²) in [5.74, 6) is 0.712. The lowest BCUT2D eigenvalue weighted by Crippen LogP contribution is -2.27. The smallest absolute Gasteiger partial charge is 0.240 e.